The van der Waals surface area contributed by atoms with Gasteiger partial charge in [-0.15, -0.1) is 0 Å². The Hall–Kier alpha value is -2.37. The minimum Gasteiger partial charge on any atom is -0.352 e. The van der Waals surface area contributed by atoms with Crippen LogP contribution in [0, 0.1) is 11.8 Å². The van der Waals surface area contributed by atoms with Crippen LogP contribution in [0.5, 0.6) is 0 Å². The number of imidazole rings is 1. The summed E-state index contributed by atoms with van der Waals surface area (Å²) in [5.74, 6) is 3.50. The number of pyridine rings is 1. The molecule has 1 fully saturated rings. The molecule has 3 rings (SSSR count). The Morgan fingerprint density at radius 1 is 1.31 bits per heavy atom. The molecule has 1 aliphatic carbocycles. The molecule has 0 bridgehead atoms. The molecule has 0 spiro atoms. The van der Waals surface area contributed by atoms with Crippen molar-refractivity contribution in [2.75, 3.05) is 20.6 Å². The van der Waals surface area contributed by atoms with E-state index in [2.05, 4.69) is 45.2 Å². The molecule has 0 saturated heterocycles. The lowest BCUT2D eigenvalue weighted by molar-refractivity contribution is 0.250. The van der Waals surface area contributed by atoms with Crippen LogP contribution in [0.4, 0.5) is 0 Å². The van der Waals surface area contributed by atoms with E-state index in [0.717, 1.165) is 42.3 Å². The normalized spacial score (nSPS) is 20.8. The van der Waals surface area contributed by atoms with E-state index in [-0.39, 0.29) is 0 Å². The van der Waals surface area contributed by atoms with Gasteiger partial charge in [-0.3, -0.25) is 9.56 Å². The van der Waals surface area contributed by atoms with Gasteiger partial charge < -0.3 is 10.2 Å². The molecule has 0 atom stereocenters. The van der Waals surface area contributed by atoms with E-state index >= 15 is 0 Å². The smallest absolute Gasteiger partial charge is 0.193 e. The zero-order valence-corrected chi connectivity index (χ0v) is 16.1. The summed E-state index contributed by atoms with van der Waals surface area (Å²) in [5, 5.41) is 3.45. The molecule has 0 aliphatic heterocycles. The highest BCUT2D eigenvalue weighted by atomic mass is 15.3. The van der Waals surface area contributed by atoms with Crippen LogP contribution >= 0.6 is 0 Å². The number of hydrogen-bond donors (Lipinski definition) is 1. The fourth-order valence-electron chi connectivity index (χ4n) is 3.62. The molecule has 6 nitrogen and oxygen atoms in total. The van der Waals surface area contributed by atoms with Crippen molar-refractivity contribution in [1.82, 2.24) is 24.8 Å². The molecule has 0 aromatic carbocycles. The summed E-state index contributed by atoms with van der Waals surface area (Å²) in [5.41, 5.74) is 1.13. The Kier molecular flexibility index (Phi) is 6.26. The van der Waals surface area contributed by atoms with Gasteiger partial charge in [-0.2, -0.15) is 0 Å². The molecule has 0 amide bonds. The van der Waals surface area contributed by atoms with Gasteiger partial charge in [0.05, 0.1) is 0 Å². The fourth-order valence-corrected chi connectivity index (χ4v) is 3.62. The van der Waals surface area contributed by atoms with E-state index < -0.39 is 0 Å². The van der Waals surface area contributed by atoms with E-state index in [1.165, 1.54) is 25.7 Å². The Morgan fingerprint density at radius 3 is 2.73 bits per heavy atom. The van der Waals surface area contributed by atoms with Gasteiger partial charge in [0.25, 0.3) is 0 Å². The van der Waals surface area contributed by atoms with E-state index in [9.17, 15) is 0 Å². The largest absolute Gasteiger partial charge is 0.352 e. The van der Waals surface area contributed by atoms with E-state index in [4.69, 9.17) is 0 Å². The van der Waals surface area contributed by atoms with Crippen molar-refractivity contribution < 1.29 is 0 Å². The van der Waals surface area contributed by atoms with E-state index in [1.54, 1.807) is 12.5 Å². The molecule has 1 aliphatic rings. The third kappa shape index (κ3) is 4.84. The third-order valence-electron chi connectivity index (χ3n) is 5.27. The van der Waals surface area contributed by atoms with Crippen molar-refractivity contribution in [2.24, 2.45) is 16.8 Å². The Balaban J connectivity index is 1.50. The van der Waals surface area contributed by atoms with Crippen molar-refractivity contribution in [2.45, 2.75) is 39.2 Å². The van der Waals surface area contributed by atoms with Crippen LogP contribution in [0.25, 0.3) is 5.82 Å². The molecule has 2 aromatic heterocycles. The number of guanidine groups is 1. The van der Waals surface area contributed by atoms with Crippen LogP contribution in [-0.2, 0) is 6.54 Å². The Morgan fingerprint density at radius 2 is 2.12 bits per heavy atom. The lowest BCUT2D eigenvalue weighted by Crippen LogP contribution is -2.41. The molecule has 1 saturated carbocycles. The van der Waals surface area contributed by atoms with Gasteiger partial charge in [0.1, 0.15) is 12.1 Å². The molecular weight excluding hydrogens is 324 g/mol. The zero-order valence-electron chi connectivity index (χ0n) is 16.1. The van der Waals surface area contributed by atoms with Gasteiger partial charge in [-0.25, -0.2) is 9.97 Å². The number of rotatable bonds is 5. The summed E-state index contributed by atoms with van der Waals surface area (Å²) >= 11 is 0. The van der Waals surface area contributed by atoms with E-state index in [1.807, 2.05) is 30.1 Å². The SMILES string of the molecule is CN=C(NCc1ccc(-n2ccnc2)nc1)N(C)CC1CCC(C)CC1. The summed E-state index contributed by atoms with van der Waals surface area (Å²) in [4.78, 5) is 15.3. The number of nitrogens with one attached hydrogen (secondary N) is 1. The number of hydrogen-bond acceptors (Lipinski definition) is 3. The molecule has 0 unspecified atom stereocenters. The third-order valence-corrected chi connectivity index (χ3v) is 5.27. The molecule has 6 heteroatoms. The zero-order chi connectivity index (χ0) is 18.4. The van der Waals surface area contributed by atoms with Crippen LogP contribution in [0.15, 0.2) is 42.0 Å². The van der Waals surface area contributed by atoms with Crippen molar-refractivity contribution in [3.63, 3.8) is 0 Å². The topological polar surface area (TPSA) is 58.3 Å². The first-order chi connectivity index (χ1) is 12.7. The van der Waals surface area contributed by atoms with Gasteiger partial charge in [0, 0.05) is 45.8 Å². The minimum atomic E-state index is 0.718. The second-order valence-corrected chi connectivity index (χ2v) is 7.40. The first-order valence-electron chi connectivity index (χ1n) is 9.50. The first-order valence-corrected chi connectivity index (χ1v) is 9.50. The summed E-state index contributed by atoms with van der Waals surface area (Å²) in [6.07, 6.45) is 12.7. The second kappa shape index (κ2) is 8.83. The van der Waals surface area contributed by atoms with Gasteiger partial charge in [0.2, 0.25) is 0 Å². The lowest BCUT2D eigenvalue weighted by Gasteiger charge is -2.31. The summed E-state index contributed by atoms with van der Waals surface area (Å²) in [6, 6.07) is 4.10. The lowest BCUT2D eigenvalue weighted by atomic mass is 9.83. The van der Waals surface area contributed by atoms with Crippen LogP contribution < -0.4 is 5.32 Å². The standard InChI is InChI=1S/C20H30N6/c1-16-4-6-17(7-5-16)14-25(3)20(21-2)24-13-18-8-9-19(23-12-18)26-11-10-22-15-26/h8-12,15-17H,4-7,13-14H2,1-3H3,(H,21,24). The van der Waals surface area contributed by atoms with Gasteiger partial charge in [-0.05, 0) is 36.3 Å². The molecule has 1 N–H and O–H groups in total. The molecule has 26 heavy (non-hydrogen) atoms. The molecule has 140 valence electrons. The van der Waals surface area contributed by atoms with Crippen molar-refractivity contribution in [3.05, 3.63) is 42.6 Å². The molecule has 2 heterocycles. The van der Waals surface area contributed by atoms with E-state index in [0.29, 0.717) is 0 Å². The predicted octanol–water partition coefficient (Wildman–Crippen LogP) is 3.10. The maximum absolute atomic E-state index is 4.50. The van der Waals surface area contributed by atoms with Crippen LogP contribution in [0.3, 0.4) is 0 Å². The van der Waals surface area contributed by atoms with Gasteiger partial charge in [0.15, 0.2) is 5.96 Å². The monoisotopic (exact) mass is 354 g/mol. The Bertz CT molecular complexity index is 684. The highest BCUT2D eigenvalue weighted by Gasteiger charge is 2.20. The summed E-state index contributed by atoms with van der Waals surface area (Å²) in [7, 11) is 3.98. The minimum absolute atomic E-state index is 0.718. The molecule has 2 aromatic rings. The summed E-state index contributed by atoms with van der Waals surface area (Å²) in [6.45, 7) is 4.16. The quantitative estimate of drug-likeness (QED) is 0.662. The van der Waals surface area contributed by atoms with Crippen LogP contribution in [0.1, 0.15) is 38.2 Å². The van der Waals surface area contributed by atoms with Crippen LogP contribution in [0.2, 0.25) is 0 Å². The molecule has 0 radical (unpaired) electrons. The fraction of sp³-hybridized carbons (Fsp3) is 0.550. The van der Waals surface area contributed by atoms with Crippen molar-refractivity contribution >= 4 is 5.96 Å². The number of aliphatic imine (C=N–C) groups is 1. The van der Waals surface area contributed by atoms with Gasteiger partial charge in [-0.1, -0.05) is 25.8 Å². The average molecular weight is 355 g/mol. The predicted molar refractivity (Wildman–Crippen MR) is 105 cm³/mol. The summed E-state index contributed by atoms with van der Waals surface area (Å²) < 4.78 is 1.90. The number of aromatic nitrogens is 3. The maximum Gasteiger partial charge on any atom is 0.193 e. The Labute approximate surface area is 156 Å². The van der Waals surface area contributed by atoms with Crippen LogP contribution in [-0.4, -0.2) is 46.0 Å². The number of nitrogens with zero attached hydrogens (tertiary/aromatic N) is 5. The first kappa shape index (κ1) is 18.4. The average Bonchev–Trinajstić information content (AvgIpc) is 3.19. The van der Waals surface area contributed by atoms with Gasteiger partial charge >= 0.3 is 0 Å². The van der Waals surface area contributed by atoms with Crippen molar-refractivity contribution in [1.29, 1.82) is 0 Å². The molecular formula is C20H30N6. The second-order valence-electron chi connectivity index (χ2n) is 7.40. The highest BCUT2D eigenvalue weighted by Crippen LogP contribution is 2.28. The van der Waals surface area contributed by atoms with Crippen molar-refractivity contribution in [3.8, 4) is 5.82 Å². The highest BCUT2D eigenvalue weighted by molar-refractivity contribution is 5.79. The maximum atomic E-state index is 4.50.